The summed E-state index contributed by atoms with van der Waals surface area (Å²) in [7, 11) is 1.56. The van der Waals surface area contributed by atoms with Crippen LogP contribution in [0, 0.1) is 10.7 Å². The van der Waals surface area contributed by atoms with Crippen LogP contribution < -0.4 is 5.32 Å². The maximum atomic E-state index is 13.0. The molecule has 0 unspecified atom stereocenters. The number of nitrogens with one attached hydrogen (secondary N) is 1. The minimum Gasteiger partial charge on any atom is -0.392 e. The third-order valence-corrected chi connectivity index (χ3v) is 1.70. The van der Waals surface area contributed by atoms with Crippen molar-refractivity contribution in [3.63, 3.8) is 0 Å². The lowest BCUT2D eigenvalue weighted by Crippen LogP contribution is -1.94. The molecular formula is C8H9FN2O2. The number of nitrogens with zero attached hydrogens (tertiary/aromatic N) is 1. The lowest BCUT2D eigenvalue weighted by Gasteiger charge is -2.05. The number of hydrogen-bond donors (Lipinski definition) is 2. The van der Waals surface area contributed by atoms with E-state index < -0.39 is 12.4 Å². The molecule has 0 heterocycles. The Morgan fingerprint density at radius 3 is 2.77 bits per heavy atom. The van der Waals surface area contributed by atoms with E-state index >= 15 is 0 Å². The highest BCUT2D eigenvalue weighted by atomic mass is 19.1. The van der Waals surface area contributed by atoms with E-state index in [0.717, 1.165) is 6.07 Å². The van der Waals surface area contributed by atoms with Crippen molar-refractivity contribution in [2.24, 2.45) is 5.18 Å². The Labute approximate surface area is 74.4 Å². The zero-order valence-electron chi connectivity index (χ0n) is 7.04. The van der Waals surface area contributed by atoms with E-state index in [1.54, 1.807) is 7.05 Å². The predicted molar refractivity (Wildman–Crippen MR) is 47.3 cm³/mol. The quantitative estimate of drug-likeness (QED) is 0.703. The predicted octanol–water partition coefficient (Wildman–Crippen LogP) is 1.76. The third-order valence-electron chi connectivity index (χ3n) is 1.70. The van der Waals surface area contributed by atoms with Crippen molar-refractivity contribution in [2.45, 2.75) is 6.61 Å². The van der Waals surface area contributed by atoms with Crippen LogP contribution in [0.25, 0.3) is 0 Å². The molecule has 0 bridgehead atoms. The van der Waals surface area contributed by atoms with Gasteiger partial charge in [0.25, 0.3) is 0 Å². The second kappa shape index (κ2) is 3.95. The topological polar surface area (TPSA) is 61.7 Å². The first kappa shape index (κ1) is 9.60. The Balaban J connectivity index is 3.26. The van der Waals surface area contributed by atoms with Crippen LogP contribution in [0.4, 0.5) is 15.8 Å². The molecule has 0 aromatic heterocycles. The number of nitroso groups, excluding NO2 is 1. The summed E-state index contributed by atoms with van der Waals surface area (Å²) in [4.78, 5) is 10.3. The van der Waals surface area contributed by atoms with Crippen molar-refractivity contribution in [1.82, 2.24) is 0 Å². The monoisotopic (exact) mass is 184 g/mol. The van der Waals surface area contributed by atoms with Gasteiger partial charge >= 0.3 is 0 Å². The summed E-state index contributed by atoms with van der Waals surface area (Å²) in [5, 5.41) is 14.0. The summed E-state index contributed by atoms with van der Waals surface area (Å²) < 4.78 is 13.0. The molecule has 4 nitrogen and oxygen atoms in total. The lowest BCUT2D eigenvalue weighted by molar-refractivity contribution is 0.276. The van der Waals surface area contributed by atoms with Gasteiger partial charge in [0.1, 0.15) is 11.5 Å². The first-order chi connectivity index (χ1) is 6.22. The zero-order valence-corrected chi connectivity index (χ0v) is 7.04. The van der Waals surface area contributed by atoms with Gasteiger partial charge in [-0.15, -0.1) is 4.91 Å². The molecule has 0 radical (unpaired) electrons. The summed E-state index contributed by atoms with van der Waals surface area (Å²) in [5.41, 5.74) is 0.464. The van der Waals surface area contributed by atoms with Gasteiger partial charge in [0, 0.05) is 12.6 Å². The van der Waals surface area contributed by atoms with Gasteiger partial charge in [-0.25, -0.2) is 4.39 Å². The SMILES string of the molecule is CNc1cc(F)c(CO)cc1N=O. The molecule has 70 valence electrons. The van der Waals surface area contributed by atoms with Gasteiger partial charge in [-0.2, -0.15) is 0 Å². The van der Waals surface area contributed by atoms with Gasteiger partial charge in [-0.1, -0.05) is 0 Å². The van der Waals surface area contributed by atoms with Crippen LogP contribution in [-0.2, 0) is 6.61 Å². The fraction of sp³-hybridized carbons (Fsp3) is 0.250. The molecule has 13 heavy (non-hydrogen) atoms. The van der Waals surface area contributed by atoms with Crippen LogP contribution in [0.3, 0.4) is 0 Å². The molecule has 1 aromatic rings. The van der Waals surface area contributed by atoms with Gasteiger partial charge in [0.2, 0.25) is 0 Å². The van der Waals surface area contributed by atoms with E-state index in [-0.39, 0.29) is 11.3 Å². The average molecular weight is 184 g/mol. The van der Waals surface area contributed by atoms with E-state index in [2.05, 4.69) is 10.5 Å². The Morgan fingerprint density at radius 2 is 2.31 bits per heavy atom. The molecule has 2 N–H and O–H groups in total. The van der Waals surface area contributed by atoms with E-state index in [0.29, 0.717) is 5.69 Å². The van der Waals surface area contributed by atoms with Gasteiger partial charge in [0.15, 0.2) is 0 Å². The number of aliphatic hydroxyl groups is 1. The summed E-state index contributed by atoms with van der Waals surface area (Å²) in [5.74, 6) is -0.556. The molecule has 0 aliphatic heterocycles. The number of halogens is 1. The Kier molecular flexibility index (Phi) is 2.92. The molecule has 0 saturated carbocycles. The molecule has 0 aliphatic carbocycles. The number of anilines is 1. The van der Waals surface area contributed by atoms with Gasteiger partial charge < -0.3 is 10.4 Å². The fourth-order valence-electron chi connectivity index (χ4n) is 1.00. The summed E-state index contributed by atoms with van der Waals surface area (Å²) in [6, 6.07) is 2.34. The third kappa shape index (κ3) is 1.81. The highest BCUT2D eigenvalue weighted by molar-refractivity contribution is 5.66. The zero-order chi connectivity index (χ0) is 9.84. The van der Waals surface area contributed by atoms with Gasteiger partial charge in [-0.3, -0.25) is 0 Å². The van der Waals surface area contributed by atoms with Crippen molar-refractivity contribution >= 4 is 11.4 Å². The van der Waals surface area contributed by atoms with Crippen molar-refractivity contribution in [1.29, 1.82) is 0 Å². The van der Waals surface area contributed by atoms with Crippen LogP contribution in [0.1, 0.15) is 5.56 Å². The maximum Gasteiger partial charge on any atom is 0.131 e. The van der Waals surface area contributed by atoms with E-state index in [1.165, 1.54) is 6.07 Å². The maximum absolute atomic E-state index is 13.0. The molecule has 0 aliphatic rings. The largest absolute Gasteiger partial charge is 0.392 e. The molecule has 0 saturated heterocycles. The first-order valence-electron chi connectivity index (χ1n) is 3.67. The smallest absolute Gasteiger partial charge is 0.131 e. The molecular weight excluding hydrogens is 175 g/mol. The van der Waals surface area contributed by atoms with Gasteiger partial charge in [0.05, 0.1) is 12.3 Å². The second-order valence-corrected chi connectivity index (χ2v) is 2.46. The molecule has 0 amide bonds. The number of aliphatic hydroxyl groups excluding tert-OH is 1. The van der Waals surface area contributed by atoms with Crippen LogP contribution in [0.2, 0.25) is 0 Å². The highest BCUT2D eigenvalue weighted by Crippen LogP contribution is 2.27. The van der Waals surface area contributed by atoms with Crippen LogP contribution >= 0.6 is 0 Å². The van der Waals surface area contributed by atoms with Gasteiger partial charge in [-0.05, 0) is 17.3 Å². The summed E-state index contributed by atoms with van der Waals surface area (Å²) >= 11 is 0. The van der Waals surface area contributed by atoms with Crippen molar-refractivity contribution < 1.29 is 9.50 Å². The van der Waals surface area contributed by atoms with Crippen molar-refractivity contribution in [2.75, 3.05) is 12.4 Å². The van der Waals surface area contributed by atoms with Crippen molar-refractivity contribution in [3.05, 3.63) is 28.4 Å². The van der Waals surface area contributed by atoms with Crippen LogP contribution in [-0.4, -0.2) is 12.2 Å². The highest BCUT2D eigenvalue weighted by Gasteiger charge is 2.08. The average Bonchev–Trinajstić information content (AvgIpc) is 2.17. The summed E-state index contributed by atoms with van der Waals surface area (Å²) in [6.45, 7) is -0.446. The molecule has 1 aromatic carbocycles. The molecule has 0 spiro atoms. The first-order valence-corrected chi connectivity index (χ1v) is 3.67. The Morgan fingerprint density at radius 1 is 1.62 bits per heavy atom. The lowest BCUT2D eigenvalue weighted by atomic mass is 10.1. The van der Waals surface area contributed by atoms with E-state index in [1.807, 2.05) is 0 Å². The fourth-order valence-corrected chi connectivity index (χ4v) is 1.00. The Bertz CT molecular complexity index is 328. The minimum atomic E-state index is -0.556. The van der Waals surface area contributed by atoms with Crippen molar-refractivity contribution in [3.8, 4) is 0 Å². The summed E-state index contributed by atoms with van der Waals surface area (Å²) in [6.07, 6.45) is 0. The second-order valence-electron chi connectivity index (χ2n) is 2.46. The normalized spacial score (nSPS) is 9.77. The Hall–Kier alpha value is -1.49. The number of benzene rings is 1. The standard InChI is InChI=1S/C8H9FN2O2/c1-10-7-3-6(9)5(4-12)2-8(7)11-13/h2-3,10,12H,4H2,1H3. The van der Waals surface area contributed by atoms with Crippen LogP contribution in [0.5, 0.6) is 0 Å². The van der Waals surface area contributed by atoms with Crippen LogP contribution in [0.15, 0.2) is 17.3 Å². The molecule has 0 fully saturated rings. The molecule has 0 atom stereocenters. The number of hydrogen-bond acceptors (Lipinski definition) is 4. The molecule has 5 heteroatoms. The minimum absolute atomic E-state index is 0.0635. The number of rotatable bonds is 3. The molecule has 1 rings (SSSR count). The van der Waals surface area contributed by atoms with E-state index in [4.69, 9.17) is 5.11 Å². The van der Waals surface area contributed by atoms with E-state index in [9.17, 15) is 9.30 Å².